The molecule has 1 aromatic heterocycles. The molecular formula is C18H21BrN4OS. The van der Waals surface area contributed by atoms with Gasteiger partial charge in [0.2, 0.25) is 0 Å². The Labute approximate surface area is 160 Å². The molecule has 25 heavy (non-hydrogen) atoms. The third kappa shape index (κ3) is 3.88. The lowest BCUT2D eigenvalue weighted by Gasteiger charge is -2.35. The van der Waals surface area contributed by atoms with E-state index in [9.17, 15) is 4.79 Å². The van der Waals surface area contributed by atoms with Crippen molar-refractivity contribution < 1.29 is 4.79 Å². The minimum Gasteiger partial charge on any atom is -0.336 e. The average Bonchev–Trinajstić information content (AvgIpc) is 3.25. The van der Waals surface area contributed by atoms with Crippen LogP contribution in [0.3, 0.4) is 0 Å². The molecule has 132 valence electrons. The van der Waals surface area contributed by atoms with Gasteiger partial charge in [0.25, 0.3) is 0 Å². The van der Waals surface area contributed by atoms with Crippen molar-refractivity contribution in [2.75, 3.05) is 26.2 Å². The zero-order chi connectivity index (χ0) is 17.2. The van der Waals surface area contributed by atoms with Crippen molar-refractivity contribution in [1.82, 2.24) is 20.1 Å². The Kier molecular flexibility index (Phi) is 5.05. The number of piperidine rings is 1. The summed E-state index contributed by atoms with van der Waals surface area (Å²) in [6.45, 7) is 4.58. The topological polar surface area (TPSA) is 48.5 Å². The summed E-state index contributed by atoms with van der Waals surface area (Å²) >= 11 is 5.22. The minimum atomic E-state index is 0.108. The smallest absolute Gasteiger partial charge is 0.317 e. The molecule has 2 aliphatic rings. The van der Waals surface area contributed by atoms with Crippen molar-refractivity contribution in [1.29, 1.82) is 0 Å². The van der Waals surface area contributed by atoms with Crippen molar-refractivity contribution in [3.05, 3.63) is 39.8 Å². The second-order valence-corrected chi connectivity index (χ2v) is 8.36. The zero-order valence-corrected chi connectivity index (χ0v) is 16.4. The number of rotatable bonds is 4. The number of halogens is 1. The van der Waals surface area contributed by atoms with Crippen molar-refractivity contribution >= 4 is 33.3 Å². The highest BCUT2D eigenvalue weighted by Crippen LogP contribution is 2.27. The number of likely N-dealkylation sites (tertiary alicyclic amines) is 1. The van der Waals surface area contributed by atoms with E-state index in [4.69, 9.17) is 4.98 Å². The highest BCUT2D eigenvalue weighted by molar-refractivity contribution is 9.10. The number of benzene rings is 1. The number of nitrogens with zero attached hydrogens (tertiary/aromatic N) is 3. The summed E-state index contributed by atoms with van der Waals surface area (Å²) < 4.78 is 1.08. The molecule has 4 rings (SSSR count). The molecule has 0 saturated carbocycles. The first kappa shape index (κ1) is 17.0. The standard InChI is InChI=1S/C18H21BrN4OS/c19-14-3-1-2-13(10-14)17-21-15(12-25-17)11-22-7-4-16(5-8-22)23-9-6-20-18(23)24/h1-3,10,12,16H,4-9,11H2,(H,20,24). The highest BCUT2D eigenvalue weighted by Gasteiger charge is 2.30. The lowest BCUT2D eigenvalue weighted by Crippen LogP contribution is -2.45. The first-order valence-corrected chi connectivity index (χ1v) is 10.3. The number of carbonyl (C=O) groups excluding carboxylic acids is 1. The summed E-state index contributed by atoms with van der Waals surface area (Å²) in [7, 11) is 0. The Hall–Kier alpha value is -1.44. The summed E-state index contributed by atoms with van der Waals surface area (Å²) in [4.78, 5) is 21.1. The van der Waals surface area contributed by atoms with Crippen LogP contribution in [-0.4, -0.2) is 53.0 Å². The Morgan fingerprint density at radius 3 is 2.84 bits per heavy atom. The van der Waals surface area contributed by atoms with Crippen LogP contribution in [-0.2, 0) is 6.54 Å². The molecule has 0 radical (unpaired) electrons. The summed E-state index contributed by atoms with van der Waals surface area (Å²) in [6, 6.07) is 8.78. The van der Waals surface area contributed by atoms with E-state index in [0.717, 1.165) is 66.3 Å². The molecule has 0 unspecified atom stereocenters. The SMILES string of the molecule is O=C1NCCN1C1CCN(Cc2csc(-c3cccc(Br)c3)n2)CC1. The molecule has 0 bridgehead atoms. The van der Waals surface area contributed by atoms with Crippen LogP contribution in [0.25, 0.3) is 10.6 Å². The van der Waals surface area contributed by atoms with Crippen LogP contribution < -0.4 is 5.32 Å². The van der Waals surface area contributed by atoms with Crippen LogP contribution in [0, 0.1) is 0 Å². The molecule has 0 atom stereocenters. The molecule has 2 aromatic rings. The maximum atomic E-state index is 11.8. The van der Waals surface area contributed by atoms with Crippen LogP contribution in [0.2, 0.25) is 0 Å². The molecule has 2 fully saturated rings. The van der Waals surface area contributed by atoms with E-state index in [0.29, 0.717) is 6.04 Å². The van der Waals surface area contributed by atoms with Gasteiger partial charge >= 0.3 is 6.03 Å². The second-order valence-electron chi connectivity index (χ2n) is 6.59. The number of aromatic nitrogens is 1. The molecule has 5 nitrogen and oxygen atoms in total. The average molecular weight is 421 g/mol. The maximum absolute atomic E-state index is 11.8. The quantitative estimate of drug-likeness (QED) is 0.822. The van der Waals surface area contributed by atoms with Crippen LogP contribution in [0.4, 0.5) is 4.79 Å². The lowest BCUT2D eigenvalue weighted by molar-refractivity contribution is 0.131. The molecule has 0 spiro atoms. The Morgan fingerprint density at radius 2 is 2.12 bits per heavy atom. The van der Waals surface area contributed by atoms with Gasteiger partial charge in [0.1, 0.15) is 5.01 Å². The van der Waals surface area contributed by atoms with E-state index in [1.165, 1.54) is 0 Å². The fourth-order valence-electron chi connectivity index (χ4n) is 3.59. The molecule has 2 saturated heterocycles. The van der Waals surface area contributed by atoms with Crippen LogP contribution >= 0.6 is 27.3 Å². The Balaban J connectivity index is 1.34. The first-order valence-electron chi connectivity index (χ1n) is 8.66. The first-order chi connectivity index (χ1) is 12.2. The fraction of sp³-hybridized carbons (Fsp3) is 0.444. The number of hydrogen-bond acceptors (Lipinski definition) is 4. The monoisotopic (exact) mass is 420 g/mol. The summed E-state index contributed by atoms with van der Waals surface area (Å²) in [6.07, 6.45) is 2.10. The number of hydrogen-bond donors (Lipinski definition) is 1. The second kappa shape index (κ2) is 7.43. The number of nitrogens with one attached hydrogen (secondary N) is 1. The van der Waals surface area contributed by atoms with Gasteiger partial charge in [-0.15, -0.1) is 11.3 Å². The van der Waals surface area contributed by atoms with Crippen molar-refractivity contribution in [3.8, 4) is 10.6 Å². The van der Waals surface area contributed by atoms with Gasteiger partial charge in [0, 0.05) is 54.2 Å². The molecular weight excluding hydrogens is 400 g/mol. The predicted octanol–water partition coefficient (Wildman–Crippen LogP) is 3.56. The maximum Gasteiger partial charge on any atom is 0.317 e. The highest BCUT2D eigenvalue weighted by atomic mass is 79.9. The van der Waals surface area contributed by atoms with Gasteiger partial charge in [0.15, 0.2) is 0 Å². The van der Waals surface area contributed by atoms with Gasteiger partial charge in [-0.1, -0.05) is 28.1 Å². The van der Waals surface area contributed by atoms with Gasteiger partial charge < -0.3 is 10.2 Å². The van der Waals surface area contributed by atoms with Gasteiger partial charge in [-0.25, -0.2) is 9.78 Å². The summed E-state index contributed by atoms with van der Waals surface area (Å²) in [5.74, 6) is 0. The van der Waals surface area contributed by atoms with Crippen LogP contribution in [0.1, 0.15) is 18.5 Å². The van der Waals surface area contributed by atoms with Gasteiger partial charge in [0.05, 0.1) is 5.69 Å². The van der Waals surface area contributed by atoms with Crippen molar-refractivity contribution in [2.24, 2.45) is 0 Å². The normalized spacial score (nSPS) is 19.4. The minimum absolute atomic E-state index is 0.108. The van der Waals surface area contributed by atoms with E-state index in [1.807, 2.05) is 17.0 Å². The number of urea groups is 1. The zero-order valence-electron chi connectivity index (χ0n) is 13.9. The van der Waals surface area contributed by atoms with Gasteiger partial charge in [-0.2, -0.15) is 0 Å². The van der Waals surface area contributed by atoms with Crippen molar-refractivity contribution in [3.63, 3.8) is 0 Å². The Morgan fingerprint density at radius 1 is 1.28 bits per heavy atom. The third-order valence-corrected chi connectivity index (χ3v) is 6.33. The Bertz CT molecular complexity index is 757. The molecule has 1 aromatic carbocycles. The van der Waals surface area contributed by atoms with E-state index in [-0.39, 0.29) is 6.03 Å². The lowest BCUT2D eigenvalue weighted by atomic mass is 10.0. The van der Waals surface area contributed by atoms with Gasteiger partial charge in [-0.05, 0) is 25.0 Å². The third-order valence-electron chi connectivity index (χ3n) is 4.90. The number of thiazole rings is 1. The molecule has 0 aliphatic carbocycles. The number of carbonyl (C=O) groups is 1. The van der Waals surface area contributed by atoms with E-state index in [2.05, 4.69) is 43.7 Å². The molecule has 1 N–H and O–H groups in total. The molecule has 3 heterocycles. The summed E-state index contributed by atoms with van der Waals surface area (Å²) in [5.41, 5.74) is 2.29. The van der Waals surface area contributed by atoms with Crippen LogP contribution in [0.15, 0.2) is 34.1 Å². The fourth-order valence-corrected chi connectivity index (χ4v) is 4.79. The van der Waals surface area contributed by atoms with E-state index < -0.39 is 0 Å². The molecule has 2 aliphatic heterocycles. The molecule has 7 heteroatoms. The van der Waals surface area contributed by atoms with E-state index >= 15 is 0 Å². The number of amides is 2. The van der Waals surface area contributed by atoms with Crippen LogP contribution in [0.5, 0.6) is 0 Å². The van der Waals surface area contributed by atoms with Crippen molar-refractivity contribution in [2.45, 2.75) is 25.4 Å². The van der Waals surface area contributed by atoms with E-state index in [1.54, 1.807) is 11.3 Å². The molecule has 2 amide bonds. The van der Waals surface area contributed by atoms with Gasteiger partial charge in [-0.3, -0.25) is 4.90 Å². The predicted molar refractivity (Wildman–Crippen MR) is 104 cm³/mol. The largest absolute Gasteiger partial charge is 0.336 e. The summed E-state index contributed by atoms with van der Waals surface area (Å²) in [5, 5.41) is 6.13.